The van der Waals surface area contributed by atoms with Crippen molar-refractivity contribution in [3.05, 3.63) is 76.6 Å². The van der Waals surface area contributed by atoms with E-state index in [0.29, 0.717) is 46.0 Å². The zero-order valence-electron chi connectivity index (χ0n) is 26.8. The molecule has 4 aromatic rings. The molecule has 0 aliphatic carbocycles. The van der Waals surface area contributed by atoms with Gasteiger partial charge in [0.2, 0.25) is 0 Å². The lowest BCUT2D eigenvalue weighted by Crippen LogP contribution is -2.29. The van der Waals surface area contributed by atoms with E-state index < -0.39 is 17.6 Å². The van der Waals surface area contributed by atoms with Crippen LogP contribution in [0.1, 0.15) is 59.8 Å². The minimum absolute atomic E-state index is 0.0172. The van der Waals surface area contributed by atoms with Crippen LogP contribution in [-0.2, 0) is 26.3 Å². The van der Waals surface area contributed by atoms with Gasteiger partial charge in [0.1, 0.15) is 18.0 Å². The van der Waals surface area contributed by atoms with Gasteiger partial charge in [-0.15, -0.1) is 10.2 Å². The molecule has 0 bridgehead atoms. The van der Waals surface area contributed by atoms with Gasteiger partial charge >= 0.3 is 6.18 Å². The number of alkyl halides is 3. The molecule has 0 atom stereocenters. The molecule has 2 aromatic carbocycles. The fraction of sp³-hybridized carbons (Fsp3) is 0.353. The Hall–Kier alpha value is -5.27. The number of anilines is 2. The summed E-state index contributed by atoms with van der Waals surface area (Å²) in [6.07, 6.45) is -2.97. The van der Waals surface area contributed by atoms with Crippen LogP contribution in [0.5, 0.6) is 0 Å². The van der Waals surface area contributed by atoms with Crippen LogP contribution in [0.4, 0.5) is 24.8 Å². The first-order valence-corrected chi connectivity index (χ1v) is 14.9. The summed E-state index contributed by atoms with van der Waals surface area (Å²) in [5, 5.41) is 30.0. The molecule has 242 valence electrons. The van der Waals surface area contributed by atoms with Crippen LogP contribution in [0.3, 0.4) is 0 Å². The molecular weight excluding hydrogens is 607 g/mol. The lowest BCUT2D eigenvalue weighted by atomic mass is 9.95. The maximum absolute atomic E-state index is 14.5. The largest absolute Gasteiger partial charge is 0.416 e. The lowest BCUT2D eigenvalue weighted by molar-refractivity contribution is -0.138. The van der Waals surface area contributed by atoms with E-state index in [2.05, 4.69) is 32.6 Å². The van der Waals surface area contributed by atoms with Crippen LogP contribution in [0.15, 0.2) is 48.8 Å². The van der Waals surface area contributed by atoms with Crippen molar-refractivity contribution >= 4 is 17.5 Å². The van der Waals surface area contributed by atoms with Crippen molar-refractivity contribution in [2.75, 3.05) is 30.4 Å². The molecule has 47 heavy (non-hydrogen) atoms. The molecular formula is C34H34F3N9O. The zero-order chi connectivity index (χ0) is 34.1. The Kier molecular flexibility index (Phi) is 9.05. The Morgan fingerprint density at radius 2 is 1.81 bits per heavy atom. The van der Waals surface area contributed by atoms with Crippen molar-refractivity contribution in [2.24, 2.45) is 12.5 Å². The topological polar surface area (TPSA) is 127 Å². The summed E-state index contributed by atoms with van der Waals surface area (Å²) in [6, 6.07) is 15.2. The minimum Gasteiger partial charge on any atom is -0.369 e. The van der Waals surface area contributed by atoms with Crippen molar-refractivity contribution in [2.45, 2.75) is 46.5 Å². The molecule has 0 saturated carbocycles. The highest BCUT2D eigenvalue weighted by molar-refractivity contribution is 6.10. The minimum atomic E-state index is -4.68. The van der Waals surface area contributed by atoms with Gasteiger partial charge in [0, 0.05) is 37.8 Å². The van der Waals surface area contributed by atoms with Crippen molar-refractivity contribution in [1.82, 2.24) is 24.6 Å². The number of carbonyl (C=O) groups is 1. The molecule has 0 saturated heterocycles. The number of hydrogen-bond donors (Lipinski definition) is 1. The van der Waals surface area contributed by atoms with Gasteiger partial charge in [-0.1, -0.05) is 20.8 Å². The predicted octanol–water partition coefficient (Wildman–Crippen LogP) is 6.40. The Bertz CT molecular complexity index is 1910. The van der Waals surface area contributed by atoms with E-state index in [-0.39, 0.29) is 48.4 Å². The van der Waals surface area contributed by atoms with Gasteiger partial charge in [0.25, 0.3) is 5.91 Å². The summed E-state index contributed by atoms with van der Waals surface area (Å²) < 4.78 is 45.1. The number of pyridine rings is 1. The number of aromatic nitrogens is 4. The van der Waals surface area contributed by atoms with Gasteiger partial charge < -0.3 is 14.8 Å². The lowest BCUT2D eigenvalue weighted by Gasteiger charge is -2.27. The monoisotopic (exact) mass is 641 g/mol. The summed E-state index contributed by atoms with van der Waals surface area (Å²) in [6.45, 7) is 6.95. The molecule has 1 N–H and O–H groups in total. The molecule has 2 aromatic heterocycles. The molecule has 5 rings (SSSR count). The molecule has 0 radical (unpaired) electrons. The summed E-state index contributed by atoms with van der Waals surface area (Å²) in [5.41, 5.74) is 1.47. The first-order chi connectivity index (χ1) is 22.2. The molecule has 10 nitrogen and oxygen atoms in total. The van der Waals surface area contributed by atoms with E-state index in [9.17, 15) is 23.2 Å². The van der Waals surface area contributed by atoms with Gasteiger partial charge in [-0.05, 0) is 77.2 Å². The second kappa shape index (κ2) is 12.9. The number of aryl methyl sites for hydroxylation is 1. The Labute approximate surface area is 271 Å². The van der Waals surface area contributed by atoms with Crippen molar-refractivity contribution in [3.8, 4) is 34.7 Å². The third kappa shape index (κ3) is 7.26. The Morgan fingerprint density at radius 3 is 2.45 bits per heavy atom. The standard InChI is InChI=1S/C34H34F3N9O/c1-33(2,3)19-44(4)17-22-12-26-27(28(13-22)34(35,36)37)18-46(32(26)47)30-15-23(14-29(42-30)40-10-6-9-38)25-11-21(16-39)7-8-24(25)31-43-41-20-45(31)5/h7-8,11-15,20H,6,10,17-19H2,1-5H3,(H,40,42). The van der Waals surface area contributed by atoms with Gasteiger partial charge in [0.15, 0.2) is 5.82 Å². The van der Waals surface area contributed by atoms with E-state index in [4.69, 9.17) is 5.26 Å². The van der Waals surface area contributed by atoms with E-state index >= 15 is 0 Å². The molecule has 0 fully saturated rings. The summed E-state index contributed by atoms with van der Waals surface area (Å²) >= 11 is 0. The van der Waals surface area contributed by atoms with E-state index in [1.807, 2.05) is 32.7 Å². The first-order valence-electron chi connectivity index (χ1n) is 14.9. The quantitative estimate of drug-likeness (QED) is 0.208. The summed E-state index contributed by atoms with van der Waals surface area (Å²) in [4.78, 5) is 21.7. The second-order valence-electron chi connectivity index (χ2n) is 12.9. The number of nitrogens with one attached hydrogen (secondary N) is 1. The number of hydrogen-bond acceptors (Lipinski definition) is 8. The maximum atomic E-state index is 14.5. The Morgan fingerprint density at radius 1 is 1.04 bits per heavy atom. The predicted molar refractivity (Wildman–Crippen MR) is 171 cm³/mol. The van der Waals surface area contributed by atoms with Crippen LogP contribution in [0.25, 0.3) is 22.5 Å². The number of nitrogens with zero attached hydrogens (tertiary/aromatic N) is 8. The third-order valence-electron chi connectivity index (χ3n) is 7.65. The number of fused-ring (bicyclic) bond motifs is 1. The number of amides is 1. The first kappa shape index (κ1) is 33.1. The summed E-state index contributed by atoms with van der Waals surface area (Å²) in [5.74, 6) is 0.348. The van der Waals surface area contributed by atoms with E-state index in [1.54, 1.807) is 48.0 Å². The fourth-order valence-corrected chi connectivity index (χ4v) is 5.90. The van der Waals surface area contributed by atoms with Gasteiger partial charge in [-0.2, -0.15) is 23.7 Å². The van der Waals surface area contributed by atoms with Crippen molar-refractivity contribution < 1.29 is 18.0 Å². The Balaban J connectivity index is 1.62. The van der Waals surface area contributed by atoms with E-state index in [0.717, 1.165) is 6.07 Å². The highest BCUT2D eigenvalue weighted by atomic mass is 19.4. The average molecular weight is 642 g/mol. The zero-order valence-corrected chi connectivity index (χ0v) is 26.8. The molecule has 0 unspecified atom stereocenters. The SMILES string of the molecule is CN(Cc1cc2c(c(C(F)(F)F)c1)CN(c1cc(-c3cc(C#N)ccc3-c3nncn3C)cc(NCCC#N)n1)C2=O)CC(C)(C)C. The third-order valence-corrected chi connectivity index (χ3v) is 7.65. The molecule has 1 aliphatic rings. The number of halogens is 3. The highest BCUT2D eigenvalue weighted by Gasteiger charge is 2.41. The smallest absolute Gasteiger partial charge is 0.369 e. The van der Waals surface area contributed by atoms with Gasteiger partial charge in [-0.3, -0.25) is 9.69 Å². The maximum Gasteiger partial charge on any atom is 0.416 e. The van der Waals surface area contributed by atoms with Crippen LogP contribution in [-0.4, -0.2) is 50.7 Å². The van der Waals surface area contributed by atoms with Gasteiger partial charge in [0.05, 0.1) is 36.2 Å². The number of rotatable bonds is 9. The molecule has 1 amide bonds. The number of benzene rings is 2. The van der Waals surface area contributed by atoms with Crippen molar-refractivity contribution in [3.63, 3.8) is 0 Å². The van der Waals surface area contributed by atoms with Crippen LogP contribution < -0.4 is 10.2 Å². The van der Waals surface area contributed by atoms with Crippen LogP contribution in [0.2, 0.25) is 0 Å². The normalized spacial score (nSPS) is 13.1. The van der Waals surface area contributed by atoms with E-state index in [1.165, 1.54) is 11.2 Å². The molecule has 13 heteroatoms. The average Bonchev–Trinajstić information content (AvgIpc) is 3.57. The molecule has 3 heterocycles. The second-order valence-corrected chi connectivity index (χ2v) is 12.9. The molecule has 1 aliphatic heterocycles. The van der Waals surface area contributed by atoms with Crippen molar-refractivity contribution in [1.29, 1.82) is 10.5 Å². The molecule has 0 spiro atoms. The van der Waals surface area contributed by atoms with Crippen LogP contribution in [0, 0.1) is 28.1 Å². The highest BCUT2D eigenvalue weighted by Crippen LogP contribution is 2.41. The number of carbonyl (C=O) groups excluding carboxylic acids is 1. The summed E-state index contributed by atoms with van der Waals surface area (Å²) in [7, 11) is 3.62. The fourth-order valence-electron chi connectivity index (χ4n) is 5.90. The van der Waals surface area contributed by atoms with Crippen LogP contribution >= 0.6 is 0 Å². The number of nitriles is 2. The van der Waals surface area contributed by atoms with Gasteiger partial charge in [-0.25, -0.2) is 4.98 Å².